The summed E-state index contributed by atoms with van der Waals surface area (Å²) in [4.78, 5) is 105. The molecule has 2 aromatic rings. The molecule has 2 aromatic carbocycles. The number of likely N-dealkylation sites (tertiary alicyclic amines) is 1. The Bertz CT molecular complexity index is 1750. The maximum absolute atomic E-state index is 14.3. The van der Waals surface area contributed by atoms with E-state index in [1.807, 2.05) is 0 Å². The van der Waals surface area contributed by atoms with Crippen molar-refractivity contribution in [3.63, 3.8) is 0 Å². The smallest absolute Gasteiger partial charge is 0.326 e. The number of benzene rings is 2. The number of nitrogens with one attached hydrogen (secondary N) is 5. The highest BCUT2D eigenvalue weighted by atomic mass is 32.1. The first-order chi connectivity index (χ1) is 27.6. The molecule has 0 spiro atoms. The third kappa shape index (κ3) is 15.2. The number of carboxylic acid groups (broad SMARTS) is 1. The summed E-state index contributed by atoms with van der Waals surface area (Å²) in [7, 11) is 0. The van der Waals surface area contributed by atoms with Crippen LogP contribution in [0.4, 0.5) is 4.79 Å². The number of aliphatic carboxylic acids is 1. The van der Waals surface area contributed by atoms with Gasteiger partial charge in [-0.3, -0.25) is 28.8 Å². The molecule has 1 saturated heterocycles. The fraction of sp³-hybridized carbons (Fsp3) is 0.474. The van der Waals surface area contributed by atoms with E-state index in [-0.39, 0.29) is 69.5 Å². The van der Waals surface area contributed by atoms with Crippen molar-refractivity contribution in [2.24, 2.45) is 17.2 Å². The number of aromatic hydroxyl groups is 1. The van der Waals surface area contributed by atoms with E-state index in [9.17, 15) is 48.6 Å². The molecule has 13 N–H and O–H groups in total. The molecule has 6 atom stereocenters. The molecule has 19 nitrogen and oxygen atoms in total. The predicted molar refractivity (Wildman–Crippen MR) is 214 cm³/mol. The number of phenols is 1. The number of piperidine rings is 1. The van der Waals surface area contributed by atoms with Crippen LogP contribution in [0.15, 0.2) is 54.6 Å². The Morgan fingerprint density at radius 1 is 0.741 bits per heavy atom. The zero-order chi connectivity index (χ0) is 42.8. The van der Waals surface area contributed by atoms with E-state index < -0.39 is 83.7 Å². The van der Waals surface area contributed by atoms with Gasteiger partial charge >= 0.3 is 12.0 Å². The van der Waals surface area contributed by atoms with E-state index in [0.29, 0.717) is 24.0 Å². The zero-order valence-electron chi connectivity index (χ0n) is 31.9. The molecule has 8 amide bonds. The van der Waals surface area contributed by atoms with Crippen LogP contribution in [-0.4, -0.2) is 118 Å². The molecular formula is C38H53N9O10S. The minimum atomic E-state index is -1.48. The third-order valence-corrected chi connectivity index (χ3v) is 9.82. The van der Waals surface area contributed by atoms with Gasteiger partial charge in [0, 0.05) is 38.1 Å². The van der Waals surface area contributed by atoms with Crippen LogP contribution in [0, 0.1) is 0 Å². The third-order valence-electron chi connectivity index (χ3n) is 9.42. The second-order valence-electron chi connectivity index (χ2n) is 13.9. The summed E-state index contributed by atoms with van der Waals surface area (Å²) in [5, 5.41) is 32.5. The highest BCUT2D eigenvalue weighted by Crippen LogP contribution is 2.20. The van der Waals surface area contributed by atoms with Gasteiger partial charge in [-0.05, 0) is 61.8 Å². The van der Waals surface area contributed by atoms with Gasteiger partial charge in [0.25, 0.3) is 0 Å². The Morgan fingerprint density at radius 2 is 1.29 bits per heavy atom. The number of nitrogens with zero attached hydrogens (tertiary/aromatic N) is 1. The van der Waals surface area contributed by atoms with Crippen molar-refractivity contribution in [2.45, 2.75) is 94.0 Å². The van der Waals surface area contributed by atoms with Crippen molar-refractivity contribution in [1.29, 1.82) is 0 Å². The molecule has 0 aliphatic carbocycles. The Morgan fingerprint density at radius 3 is 1.90 bits per heavy atom. The number of phenolic OH excluding ortho intramolecular Hbond substituents is 1. The predicted octanol–water partition coefficient (Wildman–Crippen LogP) is -1.45. The summed E-state index contributed by atoms with van der Waals surface area (Å²) in [6.07, 6.45) is 0.666. The first-order valence-electron chi connectivity index (χ1n) is 18.8. The molecular weight excluding hydrogens is 775 g/mol. The summed E-state index contributed by atoms with van der Waals surface area (Å²) >= 11 is 4.02. The molecule has 3 rings (SSSR count). The van der Waals surface area contributed by atoms with Gasteiger partial charge < -0.3 is 58.9 Å². The summed E-state index contributed by atoms with van der Waals surface area (Å²) < 4.78 is 0. The Labute approximate surface area is 341 Å². The molecule has 0 saturated carbocycles. The summed E-state index contributed by atoms with van der Waals surface area (Å²) in [5.41, 5.74) is 17.5. The number of primary amides is 2. The standard InChI is InChI=1S/C38H53N9O10S/c39-25(21-58)32(50)43-26(9-6-17-42-38(41)57)33(51)44-27(15-16-31(40)49)34(52)45-28(19-23-11-13-24(48)14-12-23)35(53)46-29(20-22-7-2-1-3-8-22)36(54)47-18-5-4-10-30(47)37(55)56/h1-3,7-8,11-14,25-30,48,58H,4-6,9-10,15-21,39H2,(H2,40,49)(H,43,50)(H,44,51)(H,45,52)(H,46,53)(H,55,56)(H3,41,42,57)/t25-,26-,27-,28-,29-,30-/m0/s1. The normalized spacial score (nSPS) is 16.3. The van der Waals surface area contributed by atoms with Gasteiger partial charge in [-0.15, -0.1) is 0 Å². The largest absolute Gasteiger partial charge is 0.508 e. The van der Waals surface area contributed by atoms with Crippen LogP contribution in [0.25, 0.3) is 0 Å². The number of urea groups is 1. The van der Waals surface area contributed by atoms with Crippen molar-refractivity contribution in [1.82, 2.24) is 31.5 Å². The molecule has 20 heteroatoms. The maximum atomic E-state index is 14.3. The van der Waals surface area contributed by atoms with Crippen molar-refractivity contribution < 1.29 is 48.6 Å². The van der Waals surface area contributed by atoms with Crippen molar-refractivity contribution in [3.05, 3.63) is 65.7 Å². The van der Waals surface area contributed by atoms with Crippen molar-refractivity contribution in [3.8, 4) is 5.75 Å². The molecule has 1 fully saturated rings. The van der Waals surface area contributed by atoms with Crippen LogP contribution >= 0.6 is 12.6 Å². The monoisotopic (exact) mass is 827 g/mol. The van der Waals surface area contributed by atoms with E-state index in [4.69, 9.17) is 17.2 Å². The topological polar surface area (TPSA) is 318 Å². The van der Waals surface area contributed by atoms with Gasteiger partial charge in [0.1, 0.15) is 36.0 Å². The highest BCUT2D eigenvalue weighted by Gasteiger charge is 2.38. The van der Waals surface area contributed by atoms with Crippen LogP contribution in [0.3, 0.4) is 0 Å². The lowest BCUT2D eigenvalue weighted by atomic mass is 9.98. The number of thiol groups is 1. The van der Waals surface area contributed by atoms with E-state index >= 15 is 0 Å². The van der Waals surface area contributed by atoms with Gasteiger partial charge in [0.05, 0.1) is 6.04 Å². The van der Waals surface area contributed by atoms with E-state index in [1.54, 1.807) is 30.3 Å². The SMILES string of the molecule is NC(=O)CC[C@H](NC(=O)[C@H](CCCNC(N)=O)NC(=O)[C@@H](N)CS)C(=O)N[C@@H](Cc1ccc(O)cc1)C(=O)N[C@@H](Cc1ccccc1)C(=O)N1CCCC[C@H]1C(=O)O. The average Bonchev–Trinajstić information content (AvgIpc) is 3.20. The Kier molecular flexibility index (Phi) is 18.7. The molecule has 0 unspecified atom stereocenters. The van der Waals surface area contributed by atoms with Crippen molar-refractivity contribution in [2.75, 3.05) is 18.8 Å². The van der Waals surface area contributed by atoms with Gasteiger partial charge in [0.15, 0.2) is 0 Å². The average molecular weight is 828 g/mol. The first kappa shape index (κ1) is 46.5. The number of carboxylic acids is 1. The fourth-order valence-electron chi connectivity index (χ4n) is 6.30. The number of nitrogens with two attached hydrogens (primary N) is 3. The van der Waals surface area contributed by atoms with Crippen LogP contribution < -0.4 is 43.8 Å². The van der Waals surface area contributed by atoms with Crippen LogP contribution in [0.1, 0.15) is 56.1 Å². The molecule has 0 aromatic heterocycles. The number of carbonyl (C=O) groups is 8. The molecule has 58 heavy (non-hydrogen) atoms. The second kappa shape index (κ2) is 23.4. The number of rotatable bonds is 22. The summed E-state index contributed by atoms with van der Waals surface area (Å²) in [6, 6.07) is 6.12. The molecule has 0 bridgehead atoms. The molecule has 1 aliphatic rings. The Hall–Kier alpha value is -5.89. The molecule has 1 heterocycles. The second-order valence-corrected chi connectivity index (χ2v) is 14.3. The minimum Gasteiger partial charge on any atom is -0.508 e. The van der Waals surface area contributed by atoms with Gasteiger partial charge in [-0.25, -0.2) is 9.59 Å². The van der Waals surface area contributed by atoms with E-state index in [1.165, 1.54) is 29.2 Å². The van der Waals surface area contributed by atoms with Crippen LogP contribution in [0.5, 0.6) is 5.75 Å². The lowest BCUT2D eigenvalue weighted by Crippen LogP contribution is -2.60. The molecule has 1 aliphatic heterocycles. The van der Waals surface area contributed by atoms with Crippen LogP contribution in [-0.2, 0) is 46.4 Å². The lowest BCUT2D eigenvalue weighted by molar-refractivity contribution is -0.153. The van der Waals surface area contributed by atoms with E-state index in [2.05, 4.69) is 39.2 Å². The first-order valence-corrected chi connectivity index (χ1v) is 19.5. The highest BCUT2D eigenvalue weighted by molar-refractivity contribution is 7.80. The number of hydrogen-bond donors (Lipinski definition) is 11. The quantitative estimate of drug-likeness (QED) is 0.0482. The summed E-state index contributed by atoms with van der Waals surface area (Å²) in [5.74, 6) is -6.03. The zero-order valence-corrected chi connectivity index (χ0v) is 32.8. The van der Waals surface area contributed by atoms with Gasteiger partial charge in [0.2, 0.25) is 35.4 Å². The lowest BCUT2D eigenvalue weighted by Gasteiger charge is -2.36. The maximum Gasteiger partial charge on any atom is 0.326 e. The number of hydrogen-bond acceptors (Lipinski definition) is 11. The van der Waals surface area contributed by atoms with Crippen LogP contribution in [0.2, 0.25) is 0 Å². The van der Waals surface area contributed by atoms with Crippen molar-refractivity contribution >= 4 is 60.1 Å². The van der Waals surface area contributed by atoms with E-state index in [0.717, 1.165) is 0 Å². The number of carbonyl (C=O) groups excluding carboxylic acids is 7. The molecule has 0 radical (unpaired) electrons. The molecule has 316 valence electrons. The summed E-state index contributed by atoms with van der Waals surface area (Å²) in [6.45, 7) is 0.214. The fourth-order valence-corrected chi connectivity index (χ4v) is 6.47. The van der Waals surface area contributed by atoms with Gasteiger partial charge in [-0.1, -0.05) is 42.5 Å². The van der Waals surface area contributed by atoms with Gasteiger partial charge in [-0.2, -0.15) is 12.6 Å². The Balaban J connectivity index is 1.94. The number of amides is 8. The minimum absolute atomic E-state index is 0.00956.